The molecule has 0 aliphatic carbocycles. The Bertz CT molecular complexity index is 957. The third kappa shape index (κ3) is 3.30. The number of amides is 1. The highest BCUT2D eigenvalue weighted by molar-refractivity contribution is 5.95. The summed E-state index contributed by atoms with van der Waals surface area (Å²) in [6.45, 7) is 5.11. The molecule has 3 aromatic rings. The van der Waals surface area contributed by atoms with Gasteiger partial charge in [-0.15, -0.1) is 0 Å². The first-order valence-electron chi connectivity index (χ1n) is 9.19. The smallest absolute Gasteiger partial charge is 0.245 e. The molecule has 6 heteroatoms. The zero-order chi connectivity index (χ0) is 18.8. The molecule has 1 fully saturated rings. The van der Waals surface area contributed by atoms with E-state index < -0.39 is 0 Å². The highest BCUT2D eigenvalue weighted by Gasteiger charge is 2.25. The molecule has 1 aliphatic heterocycles. The van der Waals surface area contributed by atoms with Gasteiger partial charge in [0.2, 0.25) is 5.91 Å². The molecular formula is C21H23N5O. The van der Waals surface area contributed by atoms with Crippen LogP contribution in [0.25, 0.3) is 22.2 Å². The van der Waals surface area contributed by atoms with Crippen LogP contribution >= 0.6 is 0 Å². The van der Waals surface area contributed by atoms with E-state index in [9.17, 15) is 4.79 Å². The normalized spacial score (nSPS) is 15.1. The van der Waals surface area contributed by atoms with E-state index in [1.807, 2.05) is 29.4 Å². The Morgan fingerprint density at radius 1 is 1.33 bits per heavy atom. The molecule has 0 bridgehead atoms. The van der Waals surface area contributed by atoms with Crippen molar-refractivity contribution in [2.24, 2.45) is 0 Å². The molecule has 1 N–H and O–H groups in total. The molecule has 1 aliphatic rings. The van der Waals surface area contributed by atoms with Crippen LogP contribution in [0.15, 0.2) is 55.6 Å². The average molecular weight is 361 g/mol. The van der Waals surface area contributed by atoms with Gasteiger partial charge in [0, 0.05) is 55.7 Å². The molecule has 1 saturated heterocycles. The number of aromatic amines is 1. The lowest BCUT2D eigenvalue weighted by molar-refractivity contribution is -0.126. The first kappa shape index (κ1) is 17.3. The van der Waals surface area contributed by atoms with Crippen LogP contribution < -0.4 is 4.90 Å². The number of carbonyl (C=O) groups excluding carboxylic acids is 1. The standard InChI is InChI=1S/C21H23N5O/c1-3-20(27)26-10-6-16(7-11-26)25(2)17-12-18-19(14-24-21(18)23-13-17)15-4-8-22-9-5-15/h3-5,8-9,12-14,16H,1,6-7,10-11H2,2H3,(H,23,24). The van der Waals surface area contributed by atoms with E-state index in [1.54, 1.807) is 12.4 Å². The lowest BCUT2D eigenvalue weighted by atomic mass is 10.0. The number of hydrogen-bond acceptors (Lipinski definition) is 4. The van der Waals surface area contributed by atoms with Gasteiger partial charge >= 0.3 is 0 Å². The lowest BCUT2D eigenvalue weighted by Crippen LogP contribution is -2.45. The molecule has 3 aromatic heterocycles. The number of H-pyrrole nitrogens is 1. The van der Waals surface area contributed by atoms with Gasteiger partial charge in [-0.3, -0.25) is 9.78 Å². The lowest BCUT2D eigenvalue weighted by Gasteiger charge is -2.37. The predicted molar refractivity (Wildman–Crippen MR) is 108 cm³/mol. The summed E-state index contributed by atoms with van der Waals surface area (Å²) in [5.41, 5.74) is 4.21. The summed E-state index contributed by atoms with van der Waals surface area (Å²) in [4.78, 5) is 27.9. The second-order valence-electron chi connectivity index (χ2n) is 6.90. The summed E-state index contributed by atoms with van der Waals surface area (Å²) in [5, 5.41) is 1.10. The van der Waals surface area contributed by atoms with Crippen molar-refractivity contribution >= 4 is 22.6 Å². The van der Waals surface area contributed by atoms with Crippen LogP contribution in [-0.4, -0.2) is 51.9 Å². The second-order valence-corrected chi connectivity index (χ2v) is 6.90. The summed E-state index contributed by atoms with van der Waals surface area (Å²) in [6.07, 6.45) is 10.8. The molecule has 0 saturated carbocycles. The molecule has 27 heavy (non-hydrogen) atoms. The van der Waals surface area contributed by atoms with Crippen molar-refractivity contribution < 1.29 is 4.79 Å². The van der Waals surface area contributed by atoms with Crippen LogP contribution in [0.2, 0.25) is 0 Å². The number of anilines is 1. The van der Waals surface area contributed by atoms with Crippen molar-refractivity contribution in [2.45, 2.75) is 18.9 Å². The number of carbonyl (C=O) groups is 1. The molecule has 0 aromatic carbocycles. The van der Waals surface area contributed by atoms with Crippen molar-refractivity contribution in [2.75, 3.05) is 25.0 Å². The molecule has 0 radical (unpaired) electrons. The maximum absolute atomic E-state index is 11.8. The van der Waals surface area contributed by atoms with Crippen LogP contribution in [0.1, 0.15) is 12.8 Å². The summed E-state index contributed by atoms with van der Waals surface area (Å²) in [6, 6.07) is 6.59. The Labute approximate surface area is 158 Å². The average Bonchev–Trinajstić information content (AvgIpc) is 3.16. The van der Waals surface area contributed by atoms with Crippen molar-refractivity contribution in [3.8, 4) is 11.1 Å². The summed E-state index contributed by atoms with van der Waals surface area (Å²) < 4.78 is 0. The topological polar surface area (TPSA) is 65.1 Å². The van der Waals surface area contributed by atoms with Crippen LogP contribution in [0.3, 0.4) is 0 Å². The zero-order valence-corrected chi connectivity index (χ0v) is 15.4. The van der Waals surface area contributed by atoms with Crippen molar-refractivity contribution in [1.82, 2.24) is 19.9 Å². The maximum Gasteiger partial charge on any atom is 0.245 e. The largest absolute Gasteiger partial charge is 0.370 e. The highest BCUT2D eigenvalue weighted by Crippen LogP contribution is 2.31. The molecule has 0 unspecified atom stereocenters. The highest BCUT2D eigenvalue weighted by atomic mass is 16.2. The Morgan fingerprint density at radius 2 is 2.07 bits per heavy atom. The fourth-order valence-electron chi connectivity index (χ4n) is 3.77. The molecule has 0 atom stereocenters. The monoisotopic (exact) mass is 361 g/mol. The Morgan fingerprint density at radius 3 is 2.78 bits per heavy atom. The van der Waals surface area contributed by atoms with E-state index in [0.29, 0.717) is 6.04 Å². The molecule has 0 spiro atoms. The molecule has 1 amide bonds. The Kier molecular flexibility index (Phi) is 4.62. The second kappa shape index (κ2) is 7.23. The third-order valence-corrected chi connectivity index (χ3v) is 5.41. The van der Waals surface area contributed by atoms with E-state index in [4.69, 9.17) is 0 Å². The fourth-order valence-corrected chi connectivity index (χ4v) is 3.77. The van der Waals surface area contributed by atoms with Crippen molar-refractivity contribution in [1.29, 1.82) is 0 Å². The summed E-state index contributed by atoms with van der Waals surface area (Å²) in [7, 11) is 2.11. The van der Waals surface area contributed by atoms with Gasteiger partial charge in [0.1, 0.15) is 5.65 Å². The van der Waals surface area contributed by atoms with E-state index in [2.05, 4.69) is 39.5 Å². The minimum absolute atomic E-state index is 0.0218. The number of nitrogens with zero attached hydrogens (tertiary/aromatic N) is 4. The van der Waals surface area contributed by atoms with Crippen molar-refractivity contribution in [3.05, 3.63) is 55.6 Å². The van der Waals surface area contributed by atoms with Crippen LogP contribution in [0.5, 0.6) is 0 Å². The van der Waals surface area contributed by atoms with Gasteiger partial charge in [-0.1, -0.05) is 6.58 Å². The molecule has 4 rings (SSSR count). The number of aromatic nitrogens is 3. The molecule has 6 nitrogen and oxygen atoms in total. The molecule has 4 heterocycles. The maximum atomic E-state index is 11.8. The van der Waals surface area contributed by atoms with Gasteiger partial charge in [-0.25, -0.2) is 4.98 Å². The number of fused-ring (bicyclic) bond motifs is 1. The van der Waals surface area contributed by atoms with Crippen LogP contribution in [0.4, 0.5) is 5.69 Å². The summed E-state index contributed by atoms with van der Waals surface area (Å²) in [5.74, 6) is 0.0218. The van der Waals surface area contributed by atoms with Crippen LogP contribution in [-0.2, 0) is 4.79 Å². The number of pyridine rings is 2. The Balaban J connectivity index is 1.57. The quantitative estimate of drug-likeness (QED) is 0.725. The SMILES string of the molecule is C=CC(=O)N1CCC(N(C)c2cnc3[nH]cc(-c4ccncc4)c3c2)CC1. The number of hydrogen-bond donors (Lipinski definition) is 1. The van der Waals surface area contributed by atoms with Gasteiger partial charge in [0.15, 0.2) is 0 Å². The van der Waals surface area contributed by atoms with E-state index in [1.165, 1.54) is 6.08 Å². The van der Waals surface area contributed by atoms with Gasteiger partial charge in [0.25, 0.3) is 0 Å². The Hall–Kier alpha value is -3.15. The van der Waals surface area contributed by atoms with Crippen molar-refractivity contribution in [3.63, 3.8) is 0 Å². The molecular weight excluding hydrogens is 338 g/mol. The van der Waals surface area contributed by atoms with Gasteiger partial charge < -0.3 is 14.8 Å². The van der Waals surface area contributed by atoms with Gasteiger partial charge in [0.05, 0.1) is 11.9 Å². The fraction of sp³-hybridized carbons (Fsp3) is 0.286. The molecule has 138 valence electrons. The van der Waals surface area contributed by atoms with E-state index >= 15 is 0 Å². The van der Waals surface area contributed by atoms with Gasteiger partial charge in [-0.2, -0.15) is 0 Å². The minimum atomic E-state index is 0.0218. The zero-order valence-electron chi connectivity index (χ0n) is 15.4. The third-order valence-electron chi connectivity index (χ3n) is 5.41. The summed E-state index contributed by atoms with van der Waals surface area (Å²) >= 11 is 0. The van der Waals surface area contributed by atoms with E-state index in [0.717, 1.165) is 53.8 Å². The predicted octanol–water partition coefficient (Wildman–Crippen LogP) is 3.24. The van der Waals surface area contributed by atoms with Crippen LogP contribution in [0, 0.1) is 0 Å². The number of nitrogens with one attached hydrogen (secondary N) is 1. The van der Waals surface area contributed by atoms with Gasteiger partial charge in [-0.05, 0) is 42.7 Å². The minimum Gasteiger partial charge on any atom is -0.370 e. The number of likely N-dealkylation sites (tertiary alicyclic amines) is 1. The first-order valence-corrected chi connectivity index (χ1v) is 9.19. The van der Waals surface area contributed by atoms with E-state index in [-0.39, 0.29) is 5.91 Å². The first-order chi connectivity index (χ1) is 13.2. The number of rotatable bonds is 4. The number of piperidine rings is 1.